The fourth-order valence-corrected chi connectivity index (χ4v) is 3.94. The lowest BCUT2D eigenvalue weighted by atomic mass is 10.1. The van der Waals surface area contributed by atoms with Crippen LogP contribution >= 0.6 is 11.6 Å². The van der Waals surface area contributed by atoms with E-state index in [-0.39, 0.29) is 23.7 Å². The Bertz CT molecular complexity index is 1160. The molecule has 1 saturated heterocycles. The van der Waals surface area contributed by atoms with Crippen LogP contribution in [0.15, 0.2) is 66.9 Å². The summed E-state index contributed by atoms with van der Waals surface area (Å²) >= 11 is 6.31. The number of anilines is 1. The van der Waals surface area contributed by atoms with Crippen molar-refractivity contribution in [3.8, 4) is 11.3 Å². The van der Waals surface area contributed by atoms with Gasteiger partial charge >= 0.3 is 0 Å². The van der Waals surface area contributed by atoms with Crippen LogP contribution in [0.4, 0.5) is 5.69 Å². The highest BCUT2D eigenvalue weighted by Crippen LogP contribution is 2.29. The van der Waals surface area contributed by atoms with Crippen molar-refractivity contribution in [3.05, 3.63) is 83.0 Å². The molecule has 1 unspecified atom stereocenters. The minimum Gasteiger partial charge on any atom is -0.322 e. The summed E-state index contributed by atoms with van der Waals surface area (Å²) < 4.78 is 0. The summed E-state index contributed by atoms with van der Waals surface area (Å²) in [6.45, 7) is 0.930. The molecule has 7 nitrogen and oxygen atoms in total. The van der Waals surface area contributed by atoms with Gasteiger partial charge in [-0.15, -0.1) is 0 Å². The van der Waals surface area contributed by atoms with Crippen LogP contribution in [0.2, 0.25) is 5.02 Å². The number of pyridine rings is 1. The van der Waals surface area contributed by atoms with E-state index in [1.807, 2.05) is 18.2 Å². The second-order valence-corrected chi connectivity index (χ2v) is 8.27. The number of hydrogen-bond donors (Lipinski definition) is 4. The SMILES string of the molecule is N=C(NC(=O)CC1CCCN1)c1ccc(C(=O)Nc2ccc(Cl)c(-c3ccccn3)c2)cc1. The van der Waals surface area contributed by atoms with Crippen LogP contribution in [0, 0.1) is 5.41 Å². The fourth-order valence-electron chi connectivity index (χ4n) is 3.73. The quantitative estimate of drug-likeness (QED) is 0.325. The molecule has 4 rings (SSSR count). The number of benzene rings is 2. The second kappa shape index (κ2) is 10.4. The highest BCUT2D eigenvalue weighted by Gasteiger charge is 2.18. The summed E-state index contributed by atoms with van der Waals surface area (Å²) in [5.41, 5.74) is 3.00. The zero-order valence-electron chi connectivity index (χ0n) is 17.9. The molecule has 0 spiro atoms. The van der Waals surface area contributed by atoms with Gasteiger partial charge in [0.1, 0.15) is 5.84 Å². The van der Waals surface area contributed by atoms with E-state index in [2.05, 4.69) is 20.9 Å². The van der Waals surface area contributed by atoms with Gasteiger partial charge in [0.15, 0.2) is 0 Å². The van der Waals surface area contributed by atoms with Crippen LogP contribution < -0.4 is 16.0 Å². The zero-order chi connectivity index (χ0) is 23.2. The molecule has 0 saturated carbocycles. The van der Waals surface area contributed by atoms with E-state index in [9.17, 15) is 9.59 Å². The summed E-state index contributed by atoms with van der Waals surface area (Å²) in [5.74, 6) is -0.464. The van der Waals surface area contributed by atoms with Gasteiger partial charge in [0.2, 0.25) is 5.91 Å². The Kier molecular flexibility index (Phi) is 7.12. The normalized spacial score (nSPS) is 15.1. The topological polar surface area (TPSA) is 107 Å². The van der Waals surface area contributed by atoms with Gasteiger partial charge in [-0.1, -0.05) is 29.8 Å². The number of carbonyl (C=O) groups is 2. The smallest absolute Gasteiger partial charge is 0.255 e. The van der Waals surface area contributed by atoms with Crippen molar-refractivity contribution in [2.24, 2.45) is 0 Å². The second-order valence-electron chi connectivity index (χ2n) is 7.86. The first-order valence-electron chi connectivity index (χ1n) is 10.7. The third-order valence-corrected chi connectivity index (χ3v) is 5.79. The van der Waals surface area contributed by atoms with Crippen LogP contribution in [0.5, 0.6) is 0 Å². The number of carbonyl (C=O) groups excluding carboxylic acids is 2. The standard InChI is InChI=1S/C25H24ClN5O2/c26-21-11-10-19(14-20(21)22-5-1-2-12-29-22)30-25(33)17-8-6-16(7-9-17)24(27)31-23(32)15-18-4-3-13-28-18/h1-2,5-12,14,18,28H,3-4,13,15H2,(H,30,33)(H2,27,31,32). The van der Waals surface area contributed by atoms with Gasteiger partial charge in [0.05, 0.1) is 10.7 Å². The van der Waals surface area contributed by atoms with Gasteiger partial charge in [0.25, 0.3) is 5.91 Å². The third-order valence-electron chi connectivity index (χ3n) is 5.46. The number of nitrogens with zero attached hydrogens (tertiary/aromatic N) is 1. The van der Waals surface area contributed by atoms with Crippen LogP contribution in [-0.2, 0) is 4.79 Å². The van der Waals surface area contributed by atoms with Crippen molar-refractivity contribution in [1.82, 2.24) is 15.6 Å². The molecule has 1 atom stereocenters. The Labute approximate surface area is 197 Å². The maximum Gasteiger partial charge on any atom is 0.255 e. The monoisotopic (exact) mass is 461 g/mol. The van der Waals surface area contributed by atoms with Gasteiger partial charge in [-0.3, -0.25) is 20.0 Å². The van der Waals surface area contributed by atoms with E-state index in [0.29, 0.717) is 34.0 Å². The lowest BCUT2D eigenvalue weighted by molar-refractivity contribution is -0.120. The molecule has 0 aliphatic carbocycles. The number of hydrogen-bond acceptors (Lipinski definition) is 5. The Balaban J connectivity index is 1.38. The van der Waals surface area contributed by atoms with Gasteiger partial charge < -0.3 is 16.0 Å². The van der Waals surface area contributed by atoms with Crippen LogP contribution in [0.1, 0.15) is 35.2 Å². The van der Waals surface area contributed by atoms with Crippen LogP contribution in [0.25, 0.3) is 11.3 Å². The number of amidine groups is 1. The number of nitrogens with one attached hydrogen (secondary N) is 4. The first kappa shape index (κ1) is 22.6. The van der Waals surface area contributed by atoms with E-state index in [4.69, 9.17) is 17.0 Å². The lowest BCUT2D eigenvalue weighted by Gasteiger charge is -2.12. The maximum absolute atomic E-state index is 12.7. The Morgan fingerprint density at radius 1 is 1.09 bits per heavy atom. The van der Waals surface area contributed by atoms with Crippen LogP contribution in [0.3, 0.4) is 0 Å². The molecule has 33 heavy (non-hydrogen) atoms. The number of aromatic nitrogens is 1. The number of amides is 2. The molecule has 1 fully saturated rings. The van der Waals surface area contributed by atoms with Gasteiger partial charge in [-0.2, -0.15) is 0 Å². The zero-order valence-corrected chi connectivity index (χ0v) is 18.7. The Morgan fingerprint density at radius 3 is 2.58 bits per heavy atom. The van der Waals surface area contributed by atoms with E-state index >= 15 is 0 Å². The molecular weight excluding hydrogens is 438 g/mol. The van der Waals surface area contributed by atoms with Gasteiger partial charge in [-0.05, 0) is 61.9 Å². The molecule has 3 aromatic rings. The summed E-state index contributed by atoms with van der Waals surface area (Å²) in [7, 11) is 0. The first-order chi connectivity index (χ1) is 16.0. The van der Waals surface area contributed by atoms with Gasteiger partial charge in [-0.25, -0.2) is 0 Å². The molecule has 1 aromatic heterocycles. The molecule has 2 heterocycles. The minimum atomic E-state index is -0.293. The van der Waals surface area contributed by atoms with E-state index in [1.165, 1.54) is 0 Å². The molecule has 1 aliphatic heterocycles. The predicted octanol–water partition coefficient (Wildman–Crippen LogP) is 4.24. The summed E-state index contributed by atoms with van der Waals surface area (Å²) in [4.78, 5) is 29.2. The molecule has 2 amide bonds. The van der Waals surface area contributed by atoms with Crippen molar-refractivity contribution in [2.75, 3.05) is 11.9 Å². The molecule has 168 valence electrons. The van der Waals surface area contributed by atoms with Crippen LogP contribution in [-0.4, -0.2) is 35.2 Å². The van der Waals surface area contributed by atoms with Crippen molar-refractivity contribution in [1.29, 1.82) is 5.41 Å². The number of rotatable bonds is 6. The summed E-state index contributed by atoms with van der Waals surface area (Å²) in [5, 5.41) is 17.4. The molecule has 0 radical (unpaired) electrons. The molecule has 0 bridgehead atoms. The third kappa shape index (κ3) is 5.83. The average Bonchev–Trinajstić information content (AvgIpc) is 3.33. The van der Waals surface area contributed by atoms with Crippen molar-refractivity contribution >= 4 is 34.9 Å². The van der Waals surface area contributed by atoms with Crippen molar-refractivity contribution in [2.45, 2.75) is 25.3 Å². The summed E-state index contributed by atoms with van der Waals surface area (Å²) in [6, 6.07) is 17.5. The van der Waals surface area contributed by atoms with E-state index in [1.54, 1.807) is 48.7 Å². The average molecular weight is 462 g/mol. The first-order valence-corrected chi connectivity index (χ1v) is 11.1. The predicted molar refractivity (Wildman–Crippen MR) is 130 cm³/mol. The van der Waals surface area contributed by atoms with Gasteiger partial charge in [0, 0.05) is 41.0 Å². The molecule has 4 N–H and O–H groups in total. The highest BCUT2D eigenvalue weighted by molar-refractivity contribution is 6.33. The molecular formula is C25H24ClN5O2. The maximum atomic E-state index is 12.7. The molecule has 2 aromatic carbocycles. The highest BCUT2D eigenvalue weighted by atomic mass is 35.5. The number of halogens is 1. The minimum absolute atomic E-state index is 0.0164. The van der Waals surface area contributed by atoms with Crippen molar-refractivity contribution < 1.29 is 9.59 Å². The Morgan fingerprint density at radius 2 is 1.88 bits per heavy atom. The lowest BCUT2D eigenvalue weighted by Crippen LogP contribution is -2.35. The molecule has 8 heteroatoms. The summed E-state index contributed by atoms with van der Waals surface area (Å²) in [6.07, 6.45) is 4.08. The largest absolute Gasteiger partial charge is 0.322 e. The van der Waals surface area contributed by atoms with E-state index in [0.717, 1.165) is 24.9 Å². The Hall–Kier alpha value is -3.55. The van der Waals surface area contributed by atoms with Crippen molar-refractivity contribution in [3.63, 3.8) is 0 Å². The fraction of sp³-hybridized carbons (Fsp3) is 0.200. The van der Waals surface area contributed by atoms with E-state index < -0.39 is 0 Å². The molecule has 1 aliphatic rings.